The summed E-state index contributed by atoms with van der Waals surface area (Å²) < 4.78 is 60.0. The molecule has 0 heterocycles. The minimum absolute atomic E-state index is 0.141. The molecular formula is C37H47F3O4. The van der Waals surface area contributed by atoms with Gasteiger partial charge in [0.25, 0.3) is 0 Å². The van der Waals surface area contributed by atoms with Crippen molar-refractivity contribution in [1.82, 2.24) is 0 Å². The van der Waals surface area contributed by atoms with Crippen molar-refractivity contribution in [3.63, 3.8) is 0 Å². The van der Waals surface area contributed by atoms with Gasteiger partial charge in [-0.3, -0.25) is 0 Å². The van der Waals surface area contributed by atoms with E-state index < -0.39 is 29.2 Å². The van der Waals surface area contributed by atoms with Gasteiger partial charge in [0.15, 0.2) is 23.1 Å². The molecule has 240 valence electrons. The number of unbranched alkanes of at least 4 members (excludes halogenated alkanes) is 12. The van der Waals surface area contributed by atoms with E-state index in [1.54, 1.807) is 24.3 Å². The fraction of sp³-hybridized carbons (Fsp3) is 0.486. The van der Waals surface area contributed by atoms with Gasteiger partial charge >= 0.3 is 5.97 Å². The number of halogens is 3. The van der Waals surface area contributed by atoms with Crippen LogP contribution < -0.4 is 14.2 Å². The first-order valence-electron chi connectivity index (χ1n) is 16.3. The first-order chi connectivity index (χ1) is 21.4. The van der Waals surface area contributed by atoms with Gasteiger partial charge in [0.05, 0.1) is 18.8 Å². The van der Waals surface area contributed by atoms with Crippen molar-refractivity contribution in [2.75, 3.05) is 13.2 Å². The summed E-state index contributed by atoms with van der Waals surface area (Å²) in [7, 11) is 0. The Kier molecular flexibility index (Phi) is 15.7. The number of esters is 1. The lowest BCUT2D eigenvalue weighted by molar-refractivity contribution is 0.0726. The fourth-order valence-electron chi connectivity index (χ4n) is 4.94. The molecule has 0 aliphatic carbocycles. The van der Waals surface area contributed by atoms with Gasteiger partial charge in [-0.15, -0.1) is 0 Å². The molecule has 0 unspecified atom stereocenters. The topological polar surface area (TPSA) is 44.8 Å². The lowest BCUT2D eigenvalue weighted by Crippen LogP contribution is -2.10. The Bertz CT molecular complexity index is 1280. The van der Waals surface area contributed by atoms with Crippen molar-refractivity contribution >= 4 is 5.97 Å². The summed E-state index contributed by atoms with van der Waals surface area (Å²) in [4.78, 5) is 12.6. The second-order valence-electron chi connectivity index (χ2n) is 11.2. The van der Waals surface area contributed by atoms with Crippen LogP contribution >= 0.6 is 0 Å². The summed E-state index contributed by atoms with van der Waals surface area (Å²) in [6.07, 6.45) is 15.8. The highest BCUT2D eigenvalue weighted by Gasteiger charge is 2.19. The van der Waals surface area contributed by atoms with Crippen molar-refractivity contribution in [2.24, 2.45) is 0 Å². The zero-order valence-corrected chi connectivity index (χ0v) is 26.3. The van der Waals surface area contributed by atoms with E-state index >= 15 is 0 Å². The first kappa shape index (κ1) is 35.0. The number of carbonyl (C=O) groups is 1. The highest BCUT2D eigenvalue weighted by molar-refractivity contribution is 5.91. The van der Waals surface area contributed by atoms with Crippen LogP contribution in [0.25, 0.3) is 11.1 Å². The molecule has 4 nitrogen and oxygen atoms in total. The maximum absolute atomic E-state index is 14.7. The van der Waals surface area contributed by atoms with Crippen LogP contribution in [0.4, 0.5) is 13.2 Å². The molecule has 0 spiro atoms. The van der Waals surface area contributed by atoms with Crippen LogP contribution in [0.15, 0.2) is 54.6 Å². The van der Waals surface area contributed by atoms with E-state index in [-0.39, 0.29) is 23.7 Å². The third kappa shape index (κ3) is 11.5. The number of rotatable bonds is 21. The average molecular weight is 613 g/mol. The maximum Gasteiger partial charge on any atom is 0.343 e. The van der Waals surface area contributed by atoms with Gasteiger partial charge in [-0.2, -0.15) is 8.78 Å². The highest BCUT2D eigenvalue weighted by atomic mass is 19.2. The van der Waals surface area contributed by atoms with Crippen molar-refractivity contribution in [2.45, 2.75) is 104 Å². The molecule has 3 rings (SSSR count). The molecular weight excluding hydrogens is 565 g/mol. The van der Waals surface area contributed by atoms with Crippen LogP contribution in [0.2, 0.25) is 0 Å². The smallest absolute Gasteiger partial charge is 0.343 e. The standard InChI is InChI=1S/C37H47F3O4/c1-3-5-7-9-11-12-14-15-25-42-32-22-21-30(27-31(32)38)28-17-19-29(20-18-28)37(41)44-34-24-23-33(35(39)36(34)40)43-26-16-13-10-8-6-4-2/h17-24,27H,3-16,25-26H2,1-2H3. The summed E-state index contributed by atoms with van der Waals surface area (Å²) >= 11 is 0. The van der Waals surface area contributed by atoms with Crippen molar-refractivity contribution < 1.29 is 32.2 Å². The number of hydrogen-bond donors (Lipinski definition) is 0. The molecule has 3 aromatic rings. The summed E-state index contributed by atoms with van der Waals surface area (Å²) in [5.41, 5.74) is 1.44. The van der Waals surface area contributed by atoms with Gasteiger partial charge in [-0.05, 0) is 60.4 Å². The van der Waals surface area contributed by atoms with E-state index in [1.807, 2.05) is 0 Å². The molecule has 0 bridgehead atoms. The number of hydrogen-bond acceptors (Lipinski definition) is 4. The van der Waals surface area contributed by atoms with E-state index in [4.69, 9.17) is 14.2 Å². The van der Waals surface area contributed by atoms with Gasteiger partial charge in [0.2, 0.25) is 11.6 Å². The van der Waals surface area contributed by atoms with E-state index in [2.05, 4.69) is 13.8 Å². The molecule has 0 aliphatic heterocycles. The van der Waals surface area contributed by atoms with Crippen molar-refractivity contribution in [3.8, 4) is 28.4 Å². The van der Waals surface area contributed by atoms with Gasteiger partial charge < -0.3 is 14.2 Å². The summed E-state index contributed by atoms with van der Waals surface area (Å²) in [6, 6.07) is 13.5. The minimum atomic E-state index is -1.28. The Balaban J connectivity index is 1.47. The highest BCUT2D eigenvalue weighted by Crippen LogP contribution is 2.30. The van der Waals surface area contributed by atoms with Crippen molar-refractivity contribution in [3.05, 3.63) is 77.6 Å². The van der Waals surface area contributed by atoms with E-state index in [0.29, 0.717) is 17.7 Å². The minimum Gasteiger partial charge on any atom is -0.491 e. The number of benzene rings is 3. The monoisotopic (exact) mass is 612 g/mol. The molecule has 0 aliphatic rings. The molecule has 0 fully saturated rings. The molecule has 0 radical (unpaired) electrons. The summed E-state index contributed by atoms with van der Waals surface area (Å²) in [5, 5.41) is 0. The zero-order valence-electron chi connectivity index (χ0n) is 26.3. The summed E-state index contributed by atoms with van der Waals surface area (Å²) in [6.45, 7) is 5.12. The Morgan fingerprint density at radius 2 is 1.00 bits per heavy atom. The van der Waals surface area contributed by atoms with E-state index in [9.17, 15) is 18.0 Å². The Labute approximate surface area is 260 Å². The van der Waals surface area contributed by atoms with Crippen molar-refractivity contribution in [1.29, 1.82) is 0 Å². The van der Waals surface area contributed by atoms with E-state index in [0.717, 1.165) is 44.9 Å². The Morgan fingerprint density at radius 1 is 0.545 bits per heavy atom. The lowest BCUT2D eigenvalue weighted by Gasteiger charge is -2.11. The molecule has 0 saturated carbocycles. The maximum atomic E-state index is 14.7. The summed E-state index contributed by atoms with van der Waals surface area (Å²) in [5.74, 6) is -4.29. The predicted octanol–water partition coefficient (Wildman–Crippen LogP) is 11.2. The SMILES string of the molecule is CCCCCCCCCCOc1ccc(-c2ccc(C(=O)Oc3ccc(OCCCCCCCC)c(F)c3F)cc2)cc1F. The second-order valence-corrected chi connectivity index (χ2v) is 11.2. The molecule has 0 N–H and O–H groups in total. The number of carbonyl (C=O) groups excluding carboxylic acids is 1. The Hall–Kier alpha value is -3.48. The molecule has 0 atom stereocenters. The predicted molar refractivity (Wildman–Crippen MR) is 170 cm³/mol. The third-order valence-corrected chi connectivity index (χ3v) is 7.61. The van der Waals surface area contributed by atoms with E-state index in [1.165, 1.54) is 75.3 Å². The average Bonchev–Trinajstić information content (AvgIpc) is 3.03. The molecule has 0 amide bonds. The van der Waals surface area contributed by atoms with Crippen LogP contribution in [-0.4, -0.2) is 19.2 Å². The first-order valence-corrected chi connectivity index (χ1v) is 16.3. The molecule has 44 heavy (non-hydrogen) atoms. The fourth-order valence-corrected chi connectivity index (χ4v) is 4.94. The van der Waals surface area contributed by atoms with Gasteiger partial charge in [0.1, 0.15) is 0 Å². The van der Waals surface area contributed by atoms with Crippen LogP contribution in [0, 0.1) is 17.5 Å². The second kappa shape index (κ2) is 19.7. The van der Waals surface area contributed by atoms with Crippen LogP contribution in [-0.2, 0) is 0 Å². The Morgan fingerprint density at radius 3 is 1.57 bits per heavy atom. The molecule has 7 heteroatoms. The van der Waals surface area contributed by atoms with Crippen LogP contribution in [0.5, 0.6) is 17.2 Å². The number of ether oxygens (including phenoxy) is 3. The van der Waals surface area contributed by atoms with Gasteiger partial charge in [-0.25, -0.2) is 9.18 Å². The molecule has 0 saturated heterocycles. The zero-order chi connectivity index (χ0) is 31.6. The molecule has 3 aromatic carbocycles. The van der Waals surface area contributed by atoms with Crippen LogP contribution in [0.3, 0.4) is 0 Å². The van der Waals surface area contributed by atoms with Gasteiger partial charge in [0, 0.05) is 0 Å². The largest absolute Gasteiger partial charge is 0.491 e. The lowest BCUT2D eigenvalue weighted by atomic mass is 10.0. The third-order valence-electron chi connectivity index (χ3n) is 7.61. The van der Waals surface area contributed by atoms with Crippen LogP contribution in [0.1, 0.15) is 114 Å². The van der Waals surface area contributed by atoms with Gasteiger partial charge in [-0.1, -0.05) is 109 Å². The quantitative estimate of drug-likeness (QED) is 0.0682. The normalized spacial score (nSPS) is 11.0. The molecule has 0 aromatic heterocycles.